The van der Waals surface area contributed by atoms with Crippen LogP contribution in [0.1, 0.15) is 49.4 Å². The Morgan fingerprint density at radius 3 is 2.23 bits per heavy atom. The molecule has 2 aromatic rings. The summed E-state index contributed by atoms with van der Waals surface area (Å²) < 4.78 is 5.10. The smallest absolute Gasteiger partial charge is 0.278 e. The van der Waals surface area contributed by atoms with E-state index in [9.17, 15) is 9.59 Å². The lowest BCUT2D eigenvalue weighted by molar-refractivity contribution is -0.137. The molecule has 2 aromatic carbocycles. The summed E-state index contributed by atoms with van der Waals surface area (Å²) in [5, 5.41) is 3.25. The van der Waals surface area contributed by atoms with Gasteiger partial charge in [-0.1, -0.05) is 56.7 Å². The molecule has 1 aliphatic rings. The van der Waals surface area contributed by atoms with Crippen molar-refractivity contribution in [1.29, 1.82) is 0 Å². The molecule has 0 bridgehead atoms. The minimum atomic E-state index is -0.295. The number of nitrogens with zero attached hydrogens (tertiary/aromatic N) is 1. The van der Waals surface area contributed by atoms with E-state index in [1.54, 1.807) is 7.11 Å². The van der Waals surface area contributed by atoms with Gasteiger partial charge in [-0.25, -0.2) is 0 Å². The number of imide groups is 1. The summed E-state index contributed by atoms with van der Waals surface area (Å²) in [6.07, 6.45) is 0.599. The van der Waals surface area contributed by atoms with Crippen LogP contribution in [-0.2, 0) is 19.7 Å². The van der Waals surface area contributed by atoms with Gasteiger partial charge >= 0.3 is 0 Å². The van der Waals surface area contributed by atoms with Crippen molar-refractivity contribution >= 4 is 23.1 Å². The van der Waals surface area contributed by atoms with E-state index in [0.717, 1.165) is 22.4 Å². The van der Waals surface area contributed by atoms with Crippen molar-refractivity contribution in [3.63, 3.8) is 0 Å². The first-order valence-corrected chi connectivity index (χ1v) is 10.7. The molecule has 1 N–H and O–H groups in total. The van der Waals surface area contributed by atoms with E-state index in [1.807, 2.05) is 44.2 Å². The fourth-order valence-corrected chi connectivity index (χ4v) is 3.80. The fraction of sp³-hybridized carbons (Fsp3) is 0.385. The Balaban J connectivity index is 2.01. The van der Waals surface area contributed by atoms with Crippen molar-refractivity contribution in [2.75, 3.05) is 25.6 Å². The summed E-state index contributed by atoms with van der Waals surface area (Å²) in [5.41, 5.74) is 5.66. The second-order valence-electron chi connectivity index (χ2n) is 9.13. The van der Waals surface area contributed by atoms with Gasteiger partial charge in [0.05, 0.1) is 5.57 Å². The molecule has 1 heterocycles. The van der Waals surface area contributed by atoms with E-state index in [2.05, 4.69) is 38.2 Å². The van der Waals surface area contributed by atoms with Crippen molar-refractivity contribution in [1.82, 2.24) is 4.90 Å². The molecule has 0 fully saturated rings. The minimum absolute atomic E-state index is 0.0409. The molecule has 0 saturated carbocycles. The molecule has 5 heteroatoms. The molecule has 0 radical (unpaired) electrons. The largest absolute Gasteiger partial charge is 0.385 e. The van der Waals surface area contributed by atoms with Gasteiger partial charge in [0, 0.05) is 25.9 Å². The molecule has 0 aromatic heterocycles. The van der Waals surface area contributed by atoms with Gasteiger partial charge in [0.2, 0.25) is 0 Å². The number of hydrogen-bond donors (Lipinski definition) is 1. The zero-order chi connectivity index (χ0) is 22.8. The van der Waals surface area contributed by atoms with Crippen LogP contribution >= 0.6 is 0 Å². The summed E-state index contributed by atoms with van der Waals surface area (Å²) in [6.45, 7) is 11.3. The lowest BCUT2D eigenvalue weighted by Crippen LogP contribution is -2.34. The number of methoxy groups -OCH3 is 1. The summed E-state index contributed by atoms with van der Waals surface area (Å²) in [5.74, 6) is -0.558. The van der Waals surface area contributed by atoms with Crippen LogP contribution in [-0.4, -0.2) is 37.0 Å². The fourth-order valence-electron chi connectivity index (χ4n) is 3.80. The summed E-state index contributed by atoms with van der Waals surface area (Å²) in [6, 6.07) is 13.9. The third kappa shape index (κ3) is 4.88. The third-order valence-corrected chi connectivity index (χ3v) is 5.57. The molecular weight excluding hydrogens is 388 g/mol. The Bertz CT molecular complexity index is 1010. The zero-order valence-electron chi connectivity index (χ0n) is 19.3. The Kier molecular flexibility index (Phi) is 6.65. The highest BCUT2D eigenvalue weighted by atomic mass is 16.5. The van der Waals surface area contributed by atoms with Crippen LogP contribution in [0.15, 0.2) is 48.2 Å². The molecule has 0 aliphatic carbocycles. The molecule has 3 rings (SSSR count). The third-order valence-electron chi connectivity index (χ3n) is 5.57. The van der Waals surface area contributed by atoms with E-state index in [-0.39, 0.29) is 17.2 Å². The molecule has 5 nitrogen and oxygen atoms in total. The maximum Gasteiger partial charge on any atom is 0.278 e. The first-order valence-electron chi connectivity index (χ1n) is 10.7. The lowest BCUT2D eigenvalue weighted by atomic mass is 9.87. The van der Waals surface area contributed by atoms with Gasteiger partial charge in [0.25, 0.3) is 11.8 Å². The number of aryl methyl sites for hydroxylation is 2. The van der Waals surface area contributed by atoms with E-state index in [0.29, 0.717) is 30.8 Å². The average molecular weight is 421 g/mol. The van der Waals surface area contributed by atoms with E-state index >= 15 is 0 Å². The number of carbonyl (C=O) groups excluding carboxylic acids is 2. The van der Waals surface area contributed by atoms with E-state index < -0.39 is 0 Å². The Morgan fingerprint density at radius 2 is 1.65 bits per heavy atom. The monoisotopic (exact) mass is 420 g/mol. The number of hydrogen-bond acceptors (Lipinski definition) is 4. The average Bonchev–Trinajstić information content (AvgIpc) is 2.92. The molecule has 1 aliphatic heterocycles. The topological polar surface area (TPSA) is 58.6 Å². The molecule has 0 spiro atoms. The first-order chi connectivity index (χ1) is 14.6. The molecule has 2 amide bonds. The number of ether oxygens (including phenoxy) is 1. The lowest BCUT2D eigenvalue weighted by Gasteiger charge is -2.19. The Labute approximate surface area is 185 Å². The highest BCUT2D eigenvalue weighted by Crippen LogP contribution is 2.33. The summed E-state index contributed by atoms with van der Waals surface area (Å²) in [4.78, 5) is 27.9. The van der Waals surface area contributed by atoms with Gasteiger partial charge in [-0.15, -0.1) is 0 Å². The Morgan fingerprint density at radius 1 is 0.968 bits per heavy atom. The molecule has 0 unspecified atom stereocenters. The van der Waals surface area contributed by atoms with Crippen LogP contribution in [0.25, 0.3) is 5.57 Å². The highest BCUT2D eigenvalue weighted by molar-refractivity contribution is 6.36. The SMILES string of the molecule is COCCCN1C(=O)C(Nc2ccc(C(C)(C)C)cc2)=C(c2ccc(C)cc2C)C1=O. The quantitative estimate of drug-likeness (QED) is 0.515. The van der Waals surface area contributed by atoms with Crippen molar-refractivity contribution in [3.8, 4) is 0 Å². The maximum absolute atomic E-state index is 13.3. The first kappa shape index (κ1) is 22.8. The molecule has 0 saturated heterocycles. The van der Waals surface area contributed by atoms with Crippen LogP contribution in [0.5, 0.6) is 0 Å². The number of anilines is 1. The number of carbonyl (C=O) groups is 2. The van der Waals surface area contributed by atoms with Gasteiger partial charge in [-0.2, -0.15) is 0 Å². The number of benzene rings is 2. The van der Waals surface area contributed by atoms with E-state index in [4.69, 9.17) is 4.74 Å². The second-order valence-corrected chi connectivity index (χ2v) is 9.13. The minimum Gasteiger partial charge on any atom is -0.385 e. The van der Waals surface area contributed by atoms with Crippen molar-refractivity contribution in [2.45, 2.75) is 46.5 Å². The standard InChI is InChI=1S/C26H32N2O3/c1-17-8-13-21(18(2)16-17)22-23(25(30)28(24(22)29)14-7-15-31-6)27-20-11-9-19(10-12-20)26(3,4)5/h8-13,16,27H,7,14-15H2,1-6H3. The Hall–Kier alpha value is -2.92. The highest BCUT2D eigenvalue weighted by Gasteiger charge is 2.39. The van der Waals surface area contributed by atoms with E-state index in [1.165, 1.54) is 10.5 Å². The van der Waals surface area contributed by atoms with Crippen molar-refractivity contribution in [2.24, 2.45) is 0 Å². The summed E-state index contributed by atoms with van der Waals surface area (Å²) >= 11 is 0. The predicted octanol–water partition coefficient (Wildman–Crippen LogP) is 4.83. The number of rotatable bonds is 7. The van der Waals surface area contributed by atoms with Crippen molar-refractivity contribution in [3.05, 3.63) is 70.4 Å². The van der Waals surface area contributed by atoms with Gasteiger partial charge < -0.3 is 10.1 Å². The zero-order valence-corrected chi connectivity index (χ0v) is 19.3. The van der Waals surface area contributed by atoms with Gasteiger partial charge in [0.1, 0.15) is 5.70 Å². The number of nitrogens with one attached hydrogen (secondary N) is 1. The maximum atomic E-state index is 13.3. The van der Waals surface area contributed by atoms with Crippen LogP contribution in [0.3, 0.4) is 0 Å². The summed E-state index contributed by atoms with van der Waals surface area (Å²) in [7, 11) is 1.61. The second kappa shape index (κ2) is 9.06. The van der Waals surface area contributed by atoms with Crippen molar-refractivity contribution < 1.29 is 14.3 Å². The van der Waals surface area contributed by atoms with Crippen LogP contribution in [0, 0.1) is 13.8 Å². The molecule has 164 valence electrons. The number of amides is 2. The van der Waals surface area contributed by atoms with Gasteiger partial charge in [0.15, 0.2) is 0 Å². The van der Waals surface area contributed by atoms with Crippen LogP contribution in [0.2, 0.25) is 0 Å². The molecular formula is C26H32N2O3. The predicted molar refractivity (Wildman–Crippen MR) is 125 cm³/mol. The van der Waals surface area contributed by atoms with Gasteiger partial charge in [-0.3, -0.25) is 14.5 Å². The molecule has 0 atom stereocenters. The molecule has 31 heavy (non-hydrogen) atoms. The van der Waals surface area contributed by atoms with Gasteiger partial charge in [-0.05, 0) is 54.5 Å². The normalized spacial score (nSPS) is 14.6. The van der Waals surface area contributed by atoms with Crippen LogP contribution in [0.4, 0.5) is 5.69 Å². The van der Waals surface area contributed by atoms with Crippen LogP contribution < -0.4 is 5.32 Å².